The van der Waals surface area contributed by atoms with Crippen LogP contribution in [0.1, 0.15) is 61.9 Å². The van der Waals surface area contributed by atoms with Gasteiger partial charge in [-0.3, -0.25) is 9.48 Å². The summed E-state index contributed by atoms with van der Waals surface area (Å²) in [6.45, 7) is 4.82. The maximum atomic E-state index is 13.0. The summed E-state index contributed by atoms with van der Waals surface area (Å²) in [4.78, 5) is 14.9. The van der Waals surface area contributed by atoms with Gasteiger partial charge in [-0.2, -0.15) is 5.10 Å². The molecule has 5 rings (SSSR count). The molecule has 4 bridgehead atoms. The summed E-state index contributed by atoms with van der Waals surface area (Å²) in [5.74, 6) is 3.08. The molecule has 24 heavy (non-hydrogen) atoms. The number of rotatable bonds is 4. The maximum absolute atomic E-state index is 13.0. The molecule has 4 heteroatoms. The van der Waals surface area contributed by atoms with Gasteiger partial charge in [0.2, 0.25) is 5.91 Å². The summed E-state index contributed by atoms with van der Waals surface area (Å²) in [5.41, 5.74) is 3.75. The van der Waals surface area contributed by atoms with Crippen molar-refractivity contribution in [2.24, 2.45) is 30.2 Å². The zero-order valence-electron chi connectivity index (χ0n) is 15.6. The van der Waals surface area contributed by atoms with E-state index < -0.39 is 0 Å². The van der Waals surface area contributed by atoms with Crippen LogP contribution in [0.2, 0.25) is 0 Å². The fourth-order valence-electron chi connectivity index (χ4n) is 6.33. The molecule has 0 N–H and O–H groups in total. The second-order valence-corrected chi connectivity index (χ2v) is 9.12. The number of aryl methyl sites for hydroxylation is 2. The average Bonchev–Trinajstić information content (AvgIpc) is 2.71. The fraction of sp³-hybridized carbons (Fsp3) is 0.800. The monoisotopic (exact) mass is 329 g/mol. The SMILES string of the molecule is Cc1nn(C)c(C)c1CN(C)C(=O)CC12CC3CC(CC(C3)C1)C2. The Labute approximate surface area is 145 Å². The third-order valence-corrected chi connectivity index (χ3v) is 7.17. The molecule has 4 aliphatic rings. The zero-order valence-corrected chi connectivity index (χ0v) is 15.6. The van der Waals surface area contributed by atoms with Crippen LogP contribution in [0, 0.1) is 37.0 Å². The average molecular weight is 329 g/mol. The Morgan fingerprint density at radius 3 is 2.17 bits per heavy atom. The third-order valence-electron chi connectivity index (χ3n) is 7.17. The predicted octanol–water partition coefficient (Wildman–Crippen LogP) is 3.60. The summed E-state index contributed by atoms with van der Waals surface area (Å²) >= 11 is 0. The van der Waals surface area contributed by atoms with E-state index in [-0.39, 0.29) is 0 Å². The molecule has 0 atom stereocenters. The minimum Gasteiger partial charge on any atom is -0.341 e. The highest BCUT2D eigenvalue weighted by molar-refractivity contribution is 5.76. The lowest BCUT2D eigenvalue weighted by atomic mass is 9.49. The van der Waals surface area contributed by atoms with Gasteiger partial charge in [-0.15, -0.1) is 0 Å². The van der Waals surface area contributed by atoms with Gasteiger partial charge < -0.3 is 4.90 Å². The van der Waals surface area contributed by atoms with Gasteiger partial charge in [0, 0.05) is 38.3 Å². The largest absolute Gasteiger partial charge is 0.341 e. The van der Waals surface area contributed by atoms with Gasteiger partial charge in [0.25, 0.3) is 0 Å². The quantitative estimate of drug-likeness (QED) is 0.846. The van der Waals surface area contributed by atoms with Gasteiger partial charge in [0.05, 0.1) is 5.69 Å². The molecule has 4 fully saturated rings. The van der Waals surface area contributed by atoms with Crippen LogP contribution in [0.5, 0.6) is 0 Å². The maximum Gasteiger partial charge on any atom is 0.223 e. The van der Waals surface area contributed by atoms with Crippen LogP contribution >= 0.6 is 0 Å². The second kappa shape index (κ2) is 5.60. The Balaban J connectivity index is 1.44. The molecule has 132 valence electrons. The Bertz CT molecular complexity index is 625. The minimum atomic E-state index is 0.332. The van der Waals surface area contributed by atoms with Crippen molar-refractivity contribution in [1.29, 1.82) is 0 Å². The molecule has 4 aliphatic carbocycles. The van der Waals surface area contributed by atoms with Crippen LogP contribution in [0.15, 0.2) is 0 Å². The molecule has 4 saturated carbocycles. The molecule has 1 heterocycles. The van der Waals surface area contributed by atoms with Gasteiger partial charge in [0.1, 0.15) is 0 Å². The molecule has 0 saturated heterocycles. The first-order chi connectivity index (χ1) is 11.3. The van der Waals surface area contributed by atoms with Gasteiger partial charge in [-0.1, -0.05) is 0 Å². The van der Waals surface area contributed by atoms with Gasteiger partial charge >= 0.3 is 0 Å². The number of hydrogen-bond donors (Lipinski definition) is 0. The molecule has 0 aromatic carbocycles. The molecule has 0 spiro atoms. The predicted molar refractivity (Wildman–Crippen MR) is 94.4 cm³/mol. The van der Waals surface area contributed by atoms with Crippen LogP contribution in [0.3, 0.4) is 0 Å². The number of nitrogens with zero attached hydrogens (tertiary/aromatic N) is 3. The lowest BCUT2D eigenvalue weighted by molar-refractivity contribution is -0.138. The summed E-state index contributed by atoms with van der Waals surface area (Å²) in [6.07, 6.45) is 9.02. The molecule has 4 nitrogen and oxygen atoms in total. The second-order valence-electron chi connectivity index (χ2n) is 9.12. The molecule has 0 radical (unpaired) electrons. The number of aromatic nitrogens is 2. The van der Waals surface area contributed by atoms with Crippen molar-refractivity contribution in [3.8, 4) is 0 Å². The fourth-order valence-corrected chi connectivity index (χ4v) is 6.33. The van der Waals surface area contributed by atoms with Crippen molar-refractivity contribution < 1.29 is 4.79 Å². The standard InChI is InChI=1S/C20H31N3O/c1-13-18(14(2)23(4)21-13)12-22(3)19(24)11-20-8-15-5-16(9-20)7-17(6-15)10-20/h15-17H,5-12H2,1-4H3. The van der Waals surface area contributed by atoms with Crippen molar-refractivity contribution in [1.82, 2.24) is 14.7 Å². The van der Waals surface area contributed by atoms with E-state index in [2.05, 4.69) is 12.0 Å². The van der Waals surface area contributed by atoms with E-state index in [1.807, 2.05) is 30.6 Å². The van der Waals surface area contributed by atoms with E-state index in [9.17, 15) is 4.79 Å². The van der Waals surface area contributed by atoms with Gasteiger partial charge in [0.15, 0.2) is 0 Å². The lowest BCUT2D eigenvalue weighted by Crippen LogP contribution is -2.48. The van der Waals surface area contributed by atoms with Gasteiger partial charge in [-0.25, -0.2) is 0 Å². The summed E-state index contributed by atoms with van der Waals surface area (Å²) in [5, 5.41) is 4.48. The Kier molecular flexibility index (Phi) is 3.77. The smallest absolute Gasteiger partial charge is 0.223 e. The van der Waals surface area contributed by atoms with E-state index in [1.165, 1.54) is 49.8 Å². The lowest BCUT2D eigenvalue weighted by Gasteiger charge is -2.56. The van der Waals surface area contributed by atoms with Crippen LogP contribution < -0.4 is 0 Å². The molecular formula is C20H31N3O. The van der Waals surface area contributed by atoms with Crippen LogP contribution in [-0.4, -0.2) is 27.6 Å². The highest BCUT2D eigenvalue weighted by atomic mass is 16.2. The van der Waals surface area contributed by atoms with E-state index in [0.29, 0.717) is 17.9 Å². The molecule has 0 aliphatic heterocycles. The molecule has 1 aromatic rings. The Morgan fingerprint density at radius 1 is 1.17 bits per heavy atom. The summed E-state index contributed by atoms with van der Waals surface area (Å²) in [7, 11) is 3.94. The minimum absolute atomic E-state index is 0.332. The van der Waals surface area contributed by atoms with E-state index in [0.717, 1.165) is 29.9 Å². The highest BCUT2D eigenvalue weighted by Gasteiger charge is 2.51. The van der Waals surface area contributed by atoms with Crippen molar-refractivity contribution in [2.75, 3.05) is 7.05 Å². The molecular weight excluding hydrogens is 298 g/mol. The molecule has 0 unspecified atom stereocenters. The van der Waals surface area contributed by atoms with Crippen molar-refractivity contribution >= 4 is 5.91 Å². The first-order valence-electron chi connectivity index (χ1n) is 9.58. The van der Waals surface area contributed by atoms with Crippen LogP contribution in [0.4, 0.5) is 0 Å². The number of carbonyl (C=O) groups is 1. The van der Waals surface area contributed by atoms with Crippen molar-refractivity contribution in [3.63, 3.8) is 0 Å². The normalized spacial score (nSPS) is 33.9. The summed E-state index contributed by atoms with van der Waals surface area (Å²) in [6, 6.07) is 0. The summed E-state index contributed by atoms with van der Waals surface area (Å²) < 4.78 is 1.92. The number of hydrogen-bond acceptors (Lipinski definition) is 2. The van der Waals surface area contributed by atoms with Crippen molar-refractivity contribution in [2.45, 2.75) is 65.3 Å². The molecule has 1 amide bonds. The van der Waals surface area contributed by atoms with Crippen LogP contribution in [0.25, 0.3) is 0 Å². The number of amides is 1. The van der Waals surface area contributed by atoms with Crippen molar-refractivity contribution in [3.05, 3.63) is 17.0 Å². The Hall–Kier alpha value is -1.32. The van der Waals surface area contributed by atoms with Gasteiger partial charge in [-0.05, 0) is 75.5 Å². The first kappa shape index (κ1) is 16.2. The van der Waals surface area contributed by atoms with E-state index in [4.69, 9.17) is 0 Å². The topological polar surface area (TPSA) is 38.1 Å². The first-order valence-corrected chi connectivity index (χ1v) is 9.58. The highest BCUT2D eigenvalue weighted by Crippen LogP contribution is 2.61. The van der Waals surface area contributed by atoms with Crippen LogP contribution in [-0.2, 0) is 18.4 Å². The molecule has 1 aromatic heterocycles. The van der Waals surface area contributed by atoms with E-state index in [1.54, 1.807) is 0 Å². The third kappa shape index (κ3) is 2.68. The zero-order chi connectivity index (χ0) is 17.1. The Morgan fingerprint density at radius 2 is 1.71 bits per heavy atom. The van der Waals surface area contributed by atoms with E-state index >= 15 is 0 Å². The number of carbonyl (C=O) groups excluding carboxylic acids is 1.